The van der Waals surface area contributed by atoms with E-state index in [-0.39, 0.29) is 58.1 Å². The SMILES string of the molecule is CCOC1=C(C2=C(OCC)C(=O)c3ccccc3C2=O)C(=O)c2ccccc2C1=O. The highest BCUT2D eigenvalue weighted by atomic mass is 16.5. The third-order valence-corrected chi connectivity index (χ3v) is 4.98. The maximum Gasteiger partial charge on any atom is 0.229 e. The Morgan fingerprint density at radius 3 is 1.13 bits per heavy atom. The van der Waals surface area contributed by atoms with Gasteiger partial charge >= 0.3 is 0 Å². The monoisotopic (exact) mass is 402 g/mol. The summed E-state index contributed by atoms with van der Waals surface area (Å²) in [6, 6.07) is 12.7. The Labute approximate surface area is 172 Å². The Hall–Kier alpha value is -3.80. The quantitative estimate of drug-likeness (QED) is 0.758. The van der Waals surface area contributed by atoms with Crippen LogP contribution in [0.4, 0.5) is 0 Å². The van der Waals surface area contributed by atoms with Gasteiger partial charge in [-0.25, -0.2) is 0 Å². The Bertz CT molecular complexity index is 1090. The molecule has 0 spiro atoms. The molecule has 2 aliphatic rings. The average Bonchev–Trinajstić information content (AvgIpc) is 2.77. The van der Waals surface area contributed by atoms with E-state index in [4.69, 9.17) is 9.47 Å². The Morgan fingerprint density at radius 2 is 0.833 bits per heavy atom. The number of carbonyl (C=O) groups excluding carboxylic acids is 4. The molecule has 0 saturated carbocycles. The molecule has 0 aromatic heterocycles. The number of Topliss-reactive ketones (excluding diaryl/α,β-unsaturated/α-hetero) is 4. The molecule has 150 valence electrons. The van der Waals surface area contributed by atoms with Crippen molar-refractivity contribution in [1.29, 1.82) is 0 Å². The fourth-order valence-corrected chi connectivity index (χ4v) is 3.72. The van der Waals surface area contributed by atoms with Crippen molar-refractivity contribution >= 4 is 23.1 Å². The van der Waals surface area contributed by atoms with E-state index in [1.807, 2.05) is 0 Å². The summed E-state index contributed by atoms with van der Waals surface area (Å²) in [7, 11) is 0. The summed E-state index contributed by atoms with van der Waals surface area (Å²) in [4.78, 5) is 53.1. The lowest BCUT2D eigenvalue weighted by Crippen LogP contribution is -2.31. The molecule has 0 aliphatic heterocycles. The van der Waals surface area contributed by atoms with Crippen LogP contribution in [0.1, 0.15) is 55.3 Å². The molecule has 0 heterocycles. The van der Waals surface area contributed by atoms with Crippen LogP contribution in [0.3, 0.4) is 0 Å². The zero-order valence-electron chi connectivity index (χ0n) is 16.5. The van der Waals surface area contributed by atoms with E-state index >= 15 is 0 Å². The van der Waals surface area contributed by atoms with Gasteiger partial charge in [-0.15, -0.1) is 0 Å². The van der Waals surface area contributed by atoms with Crippen molar-refractivity contribution in [1.82, 2.24) is 0 Å². The molecule has 6 heteroatoms. The first-order valence-electron chi connectivity index (χ1n) is 9.62. The van der Waals surface area contributed by atoms with Gasteiger partial charge in [0.15, 0.2) is 23.1 Å². The van der Waals surface area contributed by atoms with Crippen LogP contribution in [-0.2, 0) is 9.47 Å². The van der Waals surface area contributed by atoms with Gasteiger partial charge in [-0.3, -0.25) is 19.2 Å². The Kier molecular flexibility index (Phi) is 4.91. The van der Waals surface area contributed by atoms with Crippen molar-refractivity contribution in [2.75, 3.05) is 13.2 Å². The molecule has 0 unspecified atom stereocenters. The molecule has 2 aromatic rings. The van der Waals surface area contributed by atoms with E-state index in [1.165, 1.54) is 24.3 Å². The van der Waals surface area contributed by atoms with Crippen LogP contribution in [0.15, 0.2) is 71.2 Å². The normalized spacial score (nSPS) is 15.9. The molecular weight excluding hydrogens is 384 g/mol. The van der Waals surface area contributed by atoms with Crippen LogP contribution in [0.2, 0.25) is 0 Å². The number of fused-ring (bicyclic) bond motifs is 2. The minimum Gasteiger partial charge on any atom is -0.489 e. The summed E-state index contributed by atoms with van der Waals surface area (Å²) in [6.07, 6.45) is 0. The number of allylic oxidation sites excluding steroid dienone is 4. The molecule has 2 aromatic carbocycles. The van der Waals surface area contributed by atoms with Gasteiger partial charge in [0.05, 0.1) is 24.4 Å². The van der Waals surface area contributed by atoms with Gasteiger partial charge in [-0.2, -0.15) is 0 Å². The predicted octanol–water partition coefficient (Wildman–Crippen LogP) is 3.73. The molecule has 4 rings (SSSR count). The molecule has 0 bridgehead atoms. The minimum atomic E-state index is -0.554. The van der Waals surface area contributed by atoms with E-state index in [9.17, 15) is 19.2 Å². The summed E-state index contributed by atoms with van der Waals surface area (Å²) in [5, 5.41) is 0. The van der Waals surface area contributed by atoms with Crippen molar-refractivity contribution in [2.45, 2.75) is 13.8 Å². The molecule has 0 saturated heterocycles. The summed E-state index contributed by atoms with van der Waals surface area (Å²) in [5.74, 6) is -2.61. The van der Waals surface area contributed by atoms with Gasteiger partial charge in [-0.1, -0.05) is 48.5 Å². The maximum atomic E-state index is 13.4. The molecule has 0 radical (unpaired) electrons. The van der Waals surface area contributed by atoms with Crippen molar-refractivity contribution < 1.29 is 28.7 Å². The second-order valence-corrected chi connectivity index (χ2v) is 6.68. The van der Waals surface area contributed by atoms with E-state index in [0.29, 0.717) is 0 Å². The summed E-state index contributed by atoms with van der Waals surface area (Å²) in [6.45, 7) is 3.56. The van der Waals surface area contributed by atoms with E-state index < -0.39 is 23.1 Å². The van der Waals surface area contributed by atoms with Crippen LogP contribution < -0.4 is 0 Å². The number of ketones is 4. The second kappa shape index (κ2) is 7.55. The zero-order valence-corrected chi connectivity index (χ0v) is 16.5. The molecule has 0 atom stereocenters. The van der Waals surface area contributed by atoms with Gasteiger partial charge in [-0.05, 0) is 13.8 Å². The van der Waals surface area contributed by atoms with Crippen LogP contribution >= 0.6 is 0 Å². The Morgan fingerprint density at radius 1 is 0.533 bits per heavy atom. The van der Waals surface area contributed by atoms with E-state index in [0.717, 1.165) is 0 Å². The lowest BCUT2D eigenvalue weighted by molar-refractivity contribution is 0.0854. The van der Waals surface area contributed by atoms with Crippen molar-refractivity contribution in [3.63, 3.8) is 0 Å². The summed E-state index contributed by atoms with van der Waals surface area (Å²) < 4.78 is 11.1. The molecule has 0 N–H and O–H groups in total. The highest BCUT2D eigenvalue weighted by Crippen LogP contribution is 2.37. The summed E-state index contributed by atoms with van der Waals surface area (Å²) in [5.41, 5.74) is 0.256. The molecular formula is C24H18O6. The second-order valence-electron chi connectivity index (χ2n) is 6.68. The van der Waals surface area contributed by atoms with Gasteiger partial charge in [0.25, 0.3) is 0 Å². The predicted molar refractivity (Wildman–Crippen MR) is 108 cm³/mol. The van der Waals surface area contributed by atoms with Crippen molar-refractivity contribution in [3.8, 4) is 0 Å². The topological polar surface area (TPSA) is 86.7 Å². The molecule has 30 heavy (non-hydrogen) atoms. The van der Waals surface area contributed by atoms with E-state index in [1.54, 1.807) is 38.1 Å². The molecule has 0 fully saturated rings. The van der Waals surface area contributed by atoms with Gasteiger partial charge in [0.2, 0.25) is 11.6 Å². The first-order valence-corrected chi connectivity index (χ1v) is 9.62. The number of carbonyl (C=O) groups is 4. The van der Waals surface area contributed by atoms with Crippen LogP contribution in [0, 0.1) is 0 Å². The molecule has 2 aliphatic carbocycles. The van der Waals surface area contributed by atoms with E-state index in [2.05, 4.69) is 0 Å². The zero-order chi connectivity index (χ0) is 21.4. The minimum absolute atomic E-state index is 0.107. The lowest BCUT2D eigenvalue weighted by atomic mass is 9.78. The first kappa shape index (κ1) is 19.5. The molecule has 0 amide bonds. The number of hydrogen-bond acceptors (Lipinski definition) is 6. The standard InChI is InChI=1S/C24H18O6/c1-3-29-23-17(19(25)13-9-5-7-11-15(13)21(23)27)18-20(26)14-10-6-8-12-16(14)22(28)24(18)30-4-2/h5-12H,3-4H2,1-2H3. The first-order chi connectivity index (χ1) is 14.5. The van der Waals surface area contributed by atoms with Crippen molar-refractivity contribution in [3.05, 3.63) is 93.4 Å². The van der Waals surface area contributed by atoms with Gasteiger partial charge in [0.1, 0.15) is 0 Å². The summed E-state index contributed by atoms with van der Waals surface area (Å²) >= 11 is 0. The number of ether oxygens (including phenoxy) is 2. The highest BCUT2D eigenvalue weighted by molar-refractivity contribution is 6.36. The highest BCUT2D eigenvalue weighted by Gasteiger charge is 2.43. The average molecular weight is 402 g/mol. The molecule has 6 nitrogen and oxygen atoms in total. The van der Waals surface area contributed by atoms with Gasteiger partial charge in [0, 0.05) is 22.3 Å². The van der Waals surface area contributed by atoms with Crippen LogP contribution in [0.5, 0.6) is 0 Å². The van der Waals surface area contributed by atoms with Crippen molar-refractivity contribution in [2.24, 2.45) is 0 Å². The smallest absolute Gasteiger partial charge is 0.229 e. The van der Waals surface area contributed by atoms with Crippen LogP contribution in [0.25, 0.3) is 0 Å². The fourth-order valence-electron chi connectivity index (χ4n) is 3.72. The third kappa shape index (κ3) is 2.80. The number of rotatable bonds is 5. The van der Waals surface area contributed by atoms with Gasteiger partial charge < -0.3 is 9.47 Å². The third-order valence-electron chi connectivity index (χ3n) is 4.98. The number of hydrogen-bond donors (Lipinski definition) is 0. The number of benzene rings is 2. The largest absolute Gasteiger partial charge is 0.489 e. The maximum absolute atomic E-state index is 13.4. The fraction of sp³-hybridized carbons (Fsp3) is 0.167. The Balaban J connectivity index is 2.04. The lowest BCUT2D eigenvalue weighted by Gasteiger charge is -2.26. The van der Waals surface area contributed by atoms with Crippen LogP contribution in [-0.4, -0.2) is 36.3 Å².